The Labute approximate surface area is 95.8 Å². The lowest BCUT2D eigenvalue weighted by Gasteiger charge is -2.25. The first-order chi connectivity index (χ1) is 7.33. The number of hydrogen-bond acceptors (Lipinski definition) is 3. The van der Waals surface area contributed by atoms with Crippen molar-refractivity contribution in [3.8, 4) is 0 Å². The quantitative estimate of drug-likeness (QED) is 0.674. The molecule has 0 aliphatic heterocycles. The molecular weight excluding hydrogens is 232 g/mol. The van der Waals surface area contributed by atoms with Gasteiger partial charge in [-0.05, 0) is 26.7 Å². The highest BCUT2D eigenvalue weighted by molar-refractivity contribution is 7.87. The van der Waals surface area contributed by atoms with Gasteiger partial charge in [0.1, 0.15) is 0 Å². The van der Waals surface area contributed by atoms with Crippen LogP contribution in [0, 0.1) is 0 Å². The zero-order valence-electron chi connectivity index (χ0n) is 9.51. The third kappa shape index (κ3) is 4.07. The Hall–Kier alpha value is -0.660. The molecule has 0 amide bonds. The Morgan fingerprint density at radius 3 is 2.44 bits per heavy atom. The second-order valence-electron chi connectivity index (χ2n) is 4.25. The minimum absolute atomic E-state index is 0.00898. The fourth-order valence-electron chi connectivity index (χ4n) is 1.34. The molecule has 1 aliphatic carbocycles. The van der Waals surface area contributed by atoms with E-state index in [2.05, 4.69) is 4.72 Å². The Morgan fingerprint density at radius 1 is 1.50 bits per heavy atom. The zero-order chi connectivity index (χ0) is 12.3. The molecule has 1 rings (SSSR count). The molecule has 0 atom stereocenters. The van der Waals surface area contributed by atoms with Crippen LogP contribution in [0.3, 0.4) is 0 Å². The molecule has 6 nitrogen and oxygen atoms in total. The highest BCUT2D eigenvalue weighted by Gasteiger charge is 2.32. The van der Waals surface area contributed by atoms with Crippen LogP contribution in [-0.4, -0.2) is 42.4 Å². The van der Waals surface area contributed by atoms with E-state index in [0.717, 1.165) is 12.8 Å². The van der Waals surface area contributed by atoms with Gasteiger partial charge in [0, 0.05) is 18.6 Å². The van der Waals surface area contributed by atoms with Crippen molar-refractivity contribution >= 4 is 16.2 Å². The minimum atomic E-state index is -3.53. The van der Waals surface area contributed by atoms with Crippen molar-refractivity contribution in [2.75, 3.05) is 6.54 Å². The van der Waals surface area contributed by atoms with E-state index in [1.165, 1.54) is 4.31 Å². The predicted molar refractivity (Wildman–Crippen MR) is 59.2 cm³/mol. The van der Waals surface area contributed by atoms with Gasteiger partial charge >= 0.3 is 5.97 Å². The van der Waals surface area contributed by atoms with Crippen LogP contribution < -0.4 is 4.72 Å². The number of hydrogen-bond donors (Lipinski definition) is 2. The van der Waals surface area contributed by atoms with E-state index in [0.29, 0.717) is 0 Å². The third-order valence-corrected chi connectivity index (χ3v) is 4.18. The van der Waals surface area contributed by atoms with E-state index in [4.69, 9.17) is 5.11 Å². The van der Waals surface area contributed by atoms with Gasteiger partial charge < -0.3 is 5.11 Å². The number of nitrogens with zero attached hydrogens (tertiary/aromatic N) is 1. The summed E-state index contributed by atoms with van der Waals surface area (Å²) in [6, 6.07) is -0.202. The highest BCUT2D eigenvalue weighted by atomic mass is 32.2. The van der Waals surface area contributed by atoms with Crippen molar-refractivity contribution in [3.63, 3.8) is 0 Å². The molecule has 0 aromatic rings. The van der Waals surface area contributed by atoms with Gasteiger partial charge in [-0.2, -0.15) is 17.4 Å². The summed E-state index contributed by atoms with van der Waals surface area (Å²) < 4.78 is 27.4. The van der Waals surface area contributed by atoms with Crippen molar-refractivity contribution < 1.29 is 18.3 Å². The summed E-state index contributed by atoms with van der Waals surface area (Å²) >= 11 is 0. The molecule has 0 aromatic carbocycles. The monoisotopic (exact) mass is 250 g/mol. The lowest BCUT2D eigenvalue weighted by atomic mass is 10.3. The summed E-state index contributed by atoms with van der Waals surface area (Å²) in [5.74, 6) is -0.993. The molecule has 16 heavy (non-hydrogen) atoms. The molecule has 0 heterocycles. The second kappa shape index (κ2) is 5.11. The first-order valence-electron chi connectivity index (χ1n) is 5.34. The van der Waals surface area contributed by atoms with Crippen LogP contribution in [0.25, 0.3) is 0 Å². The molecule has 0 aromatic heterocycles. The van der Waals surface area contributed by atoms with E-state index in [-0.39, 0.29) is 25.0 Å². The van der Waals surface area contributed by atoms with Gasteiger partial charge in [0.05, 0.1) is 6.42 Å². The first-order valence-corrected chi connectivity index (χ1v) is 6.78. The maximum Gasteiger partial charge on any atom is 0.304 e. The number of nitrogens with one attached hydrogen (secondary N) is 1. The van der Waals surface area contributed by atoms with Gasteiger partial charge in [0.25, 0.3) is 10.2 Å². The van der Waals surface area contributed by atoms with Crippen molar-refractivity contribution in [1.29, 1.82) is 0 Å². The number of rotatable bonds is 7. The van der Waals surface area contributed by atoms with Crippen molar-refractivity contribution in [2.45, 2.75) is 45.2 Å². The maximum absolute atomic E-state index is 11.9. The highest BCUT2D eigenvalue weighted by Crippen LogP contribution is 2.21. The van der Waals surface area contributed by atoms with Gasteiger partial charge in [0.2, 0.25) is 0 Å². The van der Waals surface area contributed by atoms with Crippen molar-refractivity contribution in [2.24, 2.45) is 0 Å². The van der Waals surface area contributed by atoms with E-state index in [1.54, 1.807) is 13.8 Å². The van der Waals surface area contributed by atoms with Crippen molar-refractivity contribution in [1.82, 2.24) is 9.03 Å². The molecule has 0 radical (unpaired) electrons. The van der Waals surface area contributed by atoms with Gasteiger partial charge in [-0.15, -0.1) is 0 Å². The van der Waals surface area contributed by atoms with Crippen molar-refractivity contribution in [3.05, 3.63) is 0 Å². The van der Waals surface area contributed by atoms with E-state index in [1.807, 2.05) is 0 Å². The molecule has 0 unspecified atom stereocenters. The molecule has 0 bridgehead atoms. The molecule has 0 saturated heterocycles. The lowest BCUT2D eigenvalue weighted by Crippen LogP contribution is -2.46. The van der Waals surface area contributed by atoms with Crippen LogP contribution in [0.1, 0.15) is 33.1 Å². The van der Waals surface area contributed by atoms with Crippen LogP contribution in [0.2, 0.25) is 0 Å². The molecule has 94 valence electrons. The summed E-state index contributed by atoms with van der Waals surface area (Å²) in [5, 5.41) is 8.56. The summed E-state index contributed by atoms with van der Waals surface area (Å²) in [6.07, 6.45) is 1.55. The SMILES string of the molecule is CC(C)N(CCC(=O)O)S(=O)(=O)NC1CC1. The van der Waals surface area contributed by atoms with Gasteiger partial charge in [-0.1, -0.05) is 0 Å². The van der Waals surface area contributed by atoms with Gasteiger partial charge in [-0.3, -0.25) is 4.79 Å². The molecule has 1 saturated carbocycles. The van der Waals surface area contributed by atoms with E-state index < -0.39 is 16.2 Å². The Kier molecular flexibility index (Phi) is 4.28. The van der Waals surface area contributed by atoms with Gasteiger partial charge in [-0.25, -0.2) is 0 Å². The fourth-order valence-corrected chi connectivity index (χ4v) is 3.02. The van der Waals surface area contributed by atoms with Crippen LogP contribution in [0.15, 0.2) is 0 Å². The van der Waals surface area contributed by atoms with Crippen LogP contribution >= 0.6 is 0 Å². The lowest BCUT2D eigenvalue weighted by molar-refractivity contribution is -0.137. The Bertz CT molecular complexity index is 349. The zero-order valence-corrected chi connectivity index (χ0v) is 10.3. The number of carboxylic acid groups (broad SMARTS) is 1. The smallest absolute Gasteiger partial charge is 0.304 e. The molecule has 1 aliphatic rings. The normalized spacial score (nSPS) is 17.0. The van der Waals surface area contributed by atoms with E-state index >= 15 is 0 Å². The number of carboxylic acids is 1. The first kappa shape index (κ1) is 13.4. The fraction of sp³-hybridized carbons (Fsp3) is 0.889. The summed E-state index contributed by atoms with van der Waals surface area (Å²) in [7, 11) is -3.53. The van der Waals surface area contributed by atoms with E-state index in [9.17, 15) is 13.2 Å². The molecule has 2 N–H and O–H groups in total. The Balaban J connectivity index is 2.63. The van der Waals surface area contributed by atoms with Gasteiger partial charge in [0.15, 0.2) is 0 Å². The average molecular weight is 250 g/mol. The Morgan fingerprint density at radius 2 is 2.06 bits per heavy atom. The standard InChI is InChI=1S/C9H18N2O4S/c1-7(2)11(6-5-9(12)13)16(14,15)10-8-3-4-8/h7-8,10H,3-6H2,1-2H3,(H,12,13). The van der Waals surface area contributed by atoms with Crippen LogP contribution in [-0.2, 0) is 15.0 Å². The second-order valence-corrected chi connectivity index (χ2v) is 5.90. The average Bonchev–Trinajstić information content (AvgIpc) is 2.85. The summed E-state index contributed by atoms with van der Waals surface area (Å²) in [6.45, 7) is 3.47. The molecule has 0 spiro atoms. The minimum Gasteiger partial charge on any atom is -0.481 e. The van der Waals surface area contributed by atoms with Crippen LogP contribution in [0.5, 0.6) is 0 Å². The largest absolute Gasteiger partial charge is 0.481 e. The topological polar surface area (TPSA) is 86.7 Å². The summed E-state index contributed by atoms with van der Waals surface area (Å²) in [5.41, 5.74) is 0. The summed E-state index contributed by atoms with van der Waals surface area (Å²) in [4.78, 5) is 10.4. The predicted octanol–water partition coefficient (Wildman–Crippen LogP) is 0.168. The molecule has 7 heteroatoms. The maximum atomic E-state index is 11.9. The number of aliphatic carboxylic acids is 1. The third-order valence-electron chi connectivity index (χ3n) is 2.32. The molecular formula is C9H18N2O4S. The molecule has 1 fully saturated rings. The number of carbonyl (C=O) groups is 1. The van der Waals surface area contributed by atoms with Crippen LogP contribution in [0.4, 0.5) is 0 Å².